The maximum atomic E-state index is 2.44. The van der Waals surface area contributed by atoms with E-state index in [0.717, 1.165) is 0 Å². The first-order valence-electron chi connectivity index (χ1n) is 9.32. The molecule has 0 spiro atoms. The van der Waals surface area contributed by atoms with Crippen LogP contribution in [-0.2, 0) is 12.8 Å². The summed E-state index contributed by atoms with van der Waals surface area (Å²) in [4.78, 5) is 0. The highest BCUT2D eigenvalue weighted by atomic mass is 14.4. The Balaban J connectivity index is 2.10. The molecule has 0 radical (unpaired) electrons. The lowest BCUT2D eigenvalue weighted by Crippen LogP contribution is -2.29. The van der Waals surface area contributed by atoms with Crippen LogP contribution in [0.25, 0.3) is 11.1 Å². The number of allylic oxidation sites excluding steroid dienone is 2. The van der Waals surface area contributed by atoms with Crippen LogP contribution in [0.1, 0.15) is 62.8 Å². The summed E-state index contributed by atoms with van der Waals surface area (Å²) >= 11 is 0. The van der Waals surface area contributed by atoms with Crippen molar-refractivity contribution in [3.8, 4) is 0 Å². The van der Waals surface area contributed by atoms with E-state index in [-0.39, 0.29) is 10.8 Å². The summed E-state index contributed by atoms with van der Waals surface area (Å²) in [6, 6.07) is 18.2. The van der Waals surface area contributed by atoms with Crippen molar-refractivity contribution >= 4 is 11.1 Å². The van der Waals surface area contributed by atoms with Gasteiger partial charge in [-0.05, 0) is 69.9 Å². The van der Waals surface area contributed by atoms with E-state index in [9.17, 15) is 0 Å². The normalized spacial score (nSPS) is 24.2. The van der Waals surface area contributed by atoms with E-state index in [0.29, 0.717) is 0 Å². The zero-order valence-corrected chi connectivity index (χ0v) is 15.4. The van der Waals surface area contributed by atoms with Crippen molar-refractivity contribution in [3.63, 3.8) is 0 Å². The lowest BCUT2D eigenvalue weighted by atomic mass is 9.61. The molecule has 4 rings (SSSR count). The minimum Gasteiger partial charge on any atom is -0.0620 e. The summed E-state index contributed by atoms with van der Waals surface area (Å²) < 4.78 is 0. The topological polar surface area (TPSA) is 0 Å². The lowest BCUT2D eigenvalue weighted by Gasteiger charge is -2.43. The molecule has 0 aromatic heterocycles. The molecule has 0 heterocycles. The highest BCUT2D eigenvalue weighted by Crippen LogP contribution is 2.55. The summed E-state index contributed by atoms with van der Waals surface area (Å²) in [7, 11) is 0. The first-order chi connectivity index (χ1) is 11.4. The molecule has 0 N–H and O–H groups in total. The Morgan fingerprint density at radius 2 is 0.958 bits per heavy atom. The van der Waals surface area contributed by atoms with E-state index in [1.54, 1.807) is 11.1 Å². The van der Waals surface area contributed by atoms with E-state index < -0.39 is 0 Å². The van der Waals surface area contributed by atoms with Gasteiger partial charge in [0.05, 0.1) is 0 Å². The first kappa shape index (κ1) is 15.7. The van der Waals surface area contributed by atoms with Crippen LogP contribution in [0, 0.1) is 10.8 Å². The summed E-state index contributed by atoms with van der Waals surface area (Å²) in [5.41, 5.74) is 9.69. The van der Waals surface area contributed by atoms with Gasteiger partial charge in [-0.1, -0.05) is 76.2 Å². The number of benzene rings is 2. The third-order valence-electron chi connectivity index (χ3n) is 6.22. The molecule has 0 aliphatic heterocycles. The predicted octanol–water partition coefficient (Wildman–Crippen LogP) is 6.54. The smallest absolute Gasteiger partial charge is 0.00912 e. The maximum Gasteiger partial charge on any atom is -0.00912 e. The van der Waals surface area contributed by atoms with Crippen molar-refractivity contribution in [2.45, 2.75) is 53.4 Å². The molecule has 0 amide bonds. The summed E-state index contributed by atoms with van der Waals surface area (Å²) in [6.07, 6.45) is 4.87. The Labute approximate surface area is 146 Å². The van der Waals surface area contributed by atoms with Gasteiger partial charge in [0.15, 0.2) is 0 Å². The largest absolute Gasteiger partial charge is 0.0620 e. The standard InChI is InChI=1S/C24H28/c1-23(2)15-13-17-9-5-7-11-19(17)21(23)22-20-12-8-6-10-18(20)14-16-24(22,3)4/h5-12H,13-16H2,1-4H3/b22-21+. The Morgan fingerprint density at radius 1 is 0.583 bits per heavy atom. The molecule has 0 heteroatoms. The van der Waals surface area contributed by atoms with Gasteiger partial charge < -0.3 is 0 Å². The minimum absolute atomic E-state index is 0.228. The van der Waals surface area contributed by atoms with Crippen LogP contribution in [0.3, 0.4) is 0 Å². The zero-order chi connectivity index (χ0) is 16.9. The second-order valence-electron chi connectivity index (χ2n) is 8.83. The second kappa shape index (κ2) is 5.34. The van der Waals surface area contributed by atoms with E-state index in [4.69, 9.17) is 0 Å². The molecule has 2 aromatic rings. The van der Waals surface area contributed by atoms with Gasteiger partial charge >= 0.3 is 0 Å². The third-order valence-corrected chi connectivity index (χ3v) is 6.22. The number of hydrogen-bond acceptors (Lipinski definition) is 0. The van der Waals surface area contributed by atoms with Gasteiger partial charge in [0.25, 0.3) is 0 Å². The molecule has 0 saturated heterocycles. The Hall–Kier alpha value is -1.82. The van der Waals surface area contributed by atoms with Crippen molar-refractivity contribution in [2.24, 2.45) is 10.8 Å². The molecule has 0 saturated carbocycles. The third kappa shape index (κ3) is 2.35. The summed E-state index contributed by atoms with van der Waals surface area (Å²) in [6.45, 7) is 9.77. The van der Waals surface area contributed by atoms with Gasteiger partial charge in [-0.15, -0.1) is 0 Å². The predicted molar refractivity (Wildman–Crippen MR) is 104 cm³/mol. The zero-order valence-electron chi connectivity index (χ0n) is 15.4. The number of aryl methyl sites for hydroxylation is 2. The molecule has 2 aromatic carbocycles. The molecule has 24 heavy (non-hydrogen) atoms. The molecular formula is C24H28. The van der Waals surface area contributed by atoms with Crippen molar-refractivity contribution in [1.29, 1.82) is 0 Å². The quantitative estimate of drug-likeness (QED) is 0.517. The molecule has 0 fully saturated rings. The fourth-order valence-electron chi connectivity index (χ4n) is 4.78. The molecule has 0 atom stereocenters. The van der Waals surface area contributed by atoms with Gasteiger partial charge in [-0.3, -0.25) is 0 Å². The van der Waals surface area contributed by atoms with E-state index in [1.807, 2.05) is 0 Å². The Kier molecular flexibility index (Phi) is 3.49. The molecule has 2 aliphatic carbocycles. The lowest BCUT2D eigenvalue weighted by molar-refractivity contribution is 0.417. The average Bonchev–Trinajstić information content (AvgIpc) is 2.55. The van der Waals surface area contributed by atoms with Crippen LogP contribution in [0.4, 0.5) is 0 Å². The van der Waals surface area contributed by atoms with Crippen LogP contribution >= 0.6 is 0 Å². The molecule has 0 nitrogen and oxygen atoms in total. The van der Waals surface area contributed by atoms with E-state index in [2.05, 4.69) is 76.2 Å². The number of hydrogen-bond donors (Lipinski definition) is 0. The highest BCUT2D eigenvalue weighted by molar-refractivity contribution is 5.97. The molecule has 124 valence electrons. The van der Waals surface area contributed by atoms with Crippen LogP contribution < -0.4 is 0 Å². The Bertz CT molecular complexity index is 748. The second-order valence-corrected chi connectivity index (χ2v) is 8.83. The van der Waals surface area contributed by atoms with Gasteiger partial charge in [0.1, 0.15) is 0 Å². The number of rotatable bonds is 0. The first-order valence-corrected chi connectivity index (χ1v) is 9.32. The molecule has 0 unspecified atom stereocenters. The average molecular weight is 316 g/mol. The molecule has 2 aliphatic rings. The maximum absolute atomic E-state index is 2.44. The van der Waals surface area contributed by atoms with Crippen molar-refractivity contribution < 1.29 is 0 Å². The van der Waals surface area contributed by atoms with Crippen LogP contribution in [-0.4, -0.2) is 0 Å². The van der Waals surface area contributed by atoms with Gasteiger partial charge in [-0.25, -0.2) is 0 Å². The Morgan fingerprint density at radius 3 is 1.38 bits per heavy atom. The summed E-state index contributed by atoms with van der Waals surface area (Å²) in [5, 5.41) is 0. The van der Waals surface area contributed by atoms with Crippen LogP contribution in [0.15, 0.2) is 48.5 Å². The van der Waals surface area contributed by atoms with Crippen molar-refractivity contribution in [3.05, 3.63) is 70.8 Å². The minimum atomic E-state index is 0.228. The van der Waals surface area contributed by atoms with Crippen LogP contribution in [0.5, 0.6) is 0 Å². The highest BCUT2D eigenvalue weighted by Gasteiger charge is 2.39. The van der Waals surface area contributed by atoms with E-state index in [1.165, 1.54) is 47.9 Å². The fraction of sp³-hybridized carbons (Fsp3) is 0.417. The van der Waals surface area contributed by atoms with Crippen molar-refractivity contribution in [1.82, 2.24) is 0 Å². The van der Waals surface area contributed by atoms with Gasteiger partial charge in [0.2, 0.25) is 0 Å². The van der Waals surface area contributed by atoms with E-state index >= 15 is 0 Å². The monoisotopic (exact) mass is 316 g/mol. The molecular weight excluding hydrogens is 288 g/mol. The number of fused-ring (bicyclic) bond motifs is 2. The fourth-order valence-corrected chi connectivity index (χ4v) is 4.78. The SMILES string of the molecule is CC1(C)CCc2ccccc2/C1=C1/c2ccccc2CCC1(C)C. The van der Waals surface area contributed by atoms with Gasteiger partial charge in [0, 0.05) is 0 Å². The van der Waals surface area contributed by atoms with Crippen molar-refractivity contribution in [2.75, 3.05) is 0 Å². The van der Waals surface area contributed by atoms with Gasteiger partial charge in [-0.2, -0.15) is 0 Å². The molecule has 0 bridgehead atoms. The van der Waals surface area contributed by atoms with Crippen LogP contribution in [0.2, 0.25) is 0 Å². The summed E-state index contributed by atoms with van der Waals surface area (Å²) in [5.74, 6) is 0.